The topological polar surface area (TPSA) is 66.8 Å². The number of amides is 1. The molecule has 1 aliphatic heterocycles. The predicted molar refractivity (Wildman–Crippen MR) is 116 cm³/mol. The second kappa shape index (κ2) is 7.78. The molecule has 0 saturated carbocycles. The van der Waals surface area contributed by atoms with Gasteiger partial charge >= 0.3 is 0 Å². The highest BCUT2D eigenvalue weighted by molar-refractivity contribution is 5.86. The second-order valence-electron chi connectivity index (χ2n) is 7.92. The number of aromatic nitrogens is 4. The fraction of sp³-hybridized carbons (Fsp3) is 0.292. The van der Waals surface area contributed by atoms with Crippen LogP contribution >= 0.6 is 0 Å². The molecule has 0 bridgehead atoms. The first-order chi connectivity index (χ1) is 14.7. The van der Waals surface area contributed by atoms with Crippen molar-refractivity contribution in [3.8, 4) is 0 Å². The highest BCUT2D eigenvalue weighted by Crippen LogP contribution is 2.39. The van der Waals surface area contributed by atoms with Crippen LogP contribution in [0.25, 0.3) is 10.9 Å². The van der Waals surface area contributed by atoms with Crippen LogP contribution in [0.15, 0.2) is 61.2 Å². The van der Waals surface area contributed by atoms with Gasteiger partial charge in [0.25, 0.3) is 0 Å². The second-order valence-corrected chi connectivity index (χ2v) is 7.92. The van der Waals surface area contributed by atoms with Crippen LogP contribution in [0.5, 0.6) is 0 Å². The molecule has 1 amide bonds. The third-order valence-corrected chi connectivity index (χ3v) is 6.08. The first-order valence-corrected chi connectivity index (χ1v) is 10.5. The first kappa shape index (κ1) is 18.6. The molecule has 0 saturated heterocycles. The molecule has 0 fully saturated rings. The molecule has 152 valence electrons. The minimum absolute atomic E-state index is 0.0822. The van der Waals surface area contributed by atoms with Crippen molar-refractivity contribution in [1.82, 2.24) is 24.6 Å². The lowest BCUT2D eigenvalue weighted by Gasteiger charge is -2.37. The van der Waals surface area contributed by atoms with Gasteiger partial charge in [0.1, 0.15) is 12.7 Å². The van der Waals surface area contributed by atoms with Gasteiger partial charge in [-0.05, 0) is 42.5 Å². The minimum atomic E-state index is -0.0822. The Balaban J connectivity index is 1.49. The van der Waals surface area contributed by atoms with E-state index in [1.807, 2.05) is 0 Å². The van der Waals surface area contributed by atoms with Gasteiger partial charge in [0.05, 0.1) is 6.04 Å². The molecule has 1 atom stereocenters. The average molecular weight is 399 g/mol. The summed E-state index contributed by atoms with van der Waals surface area (Å²) in [7, 11) is 0. The Morgan fingerprint density at radius 1 is 1.17 bits per heavy atom. The number of carbonyl (C=O) groups excluding carboxylic acids is 1. The number of H-pyrrole nitrogens is 1. The monoisotopic (exact) mass is 399 g/mol. The standard InChI is InChI=1S/C24H25N5O/c1-17-7-2-3-8-18(17)24-23-20(19-9-4-5-10-21(19)27-23)12-14-29(24)22(30)11-6-13-28-16-25-15-26-28/h2-5,7-10,15-16,24,27H,6,11-14H2,1H3. The van der Waals surface area contributed by atoms with Crippen LogP contribution in [0.4, 0.5) is 0 Å². The molecule has 0 radical (unpaired) electrons. The number of nitrogens with one attached hydrogen (secondary N) is 1. The molecule has 1 aliphatic rings. The maximum Gasteiger partial charge on any atom is 0.223 e. The summed E-state index contributed by atoms with van der Waals surface area (Å²) >= 11 is 0. The van der Waals surface area contributed by atoms with Crippen molar-refractivity contribution in [1.29, 1.82) is 0 Å². The van der Waals surface area contributed by atoms with Crippen LogP contribution in [0.3, 0.4) is 0 Å². The average Bonchev–Trinajstić information content (AvgIpc) is 3.41. The van der Waals surface area contributed by atoms with E-state index in [4.69, 9.17) is 0 Å². The number of carbonyl (C=O) groups is 1. The molecule has 2 aromatic carbocycles. The van der Waals surface area contributed by atoms with Crippen LogP contribution in [-0.2, 0) is 17.8 Å². The zero-order chi connectivity index (χ0) is 20.5. The largest absolute Gasteiger partial charge is 0.356 e. The number of hydrogen-bond acceptors (Lipinski definition) is 3. The fourth-order valence-electron chi connectivity index (χ4n) is 4.61. The van der Waals surface area contributed by atoms with Crippen molar-refractivity contribution in [2.45, 2.75) is 38.8 Å². The van der Waals surface area contributed by atoms with Gasteiger partial charge in [-0.3, -0.25) is 9.48 Å². The normalized spacial score (nSPS) is 16.0. The zero-order valence-corrected chi connectivity index (χ0v) is 17.1. The number of aryl methyl sites for hydroxylation is 2. The van der Waals surface area contributed by atoms with Gasteiger partial charge in [-0.2, -0.15) is 5.10 Å². The number of aromatic amines is 1. The predicted octanol–water partition coefficient (Wildman–Crippen LogP) is 4.02. The number of fused-ring (bicyclic) bond motifs is 3. The van der Waals surface area contributed by atoms with E-state index in [0.717, 1.165) is 30.6 Å². The number of hydrogen-bond donors (Lipinski definition) is 1. The lowest BCUT2D eigenvalue weighted by atomic mass is 9.90. The smallest absolute Gasteiger partial charge is 0.223 e. The summed E-state index contributed by atoms with van der Waals surface area (Å²) in [5, 5.41) is 5.40. The summed E-state index contributed by atoms with van der Waals surface area (Å²) in [6.45, 7) is 3.56. The van der Waals surface area contributed by atoms with E-state index in [1.54, 1.807) is 11.0 Å². The van der Waals surface area contributed by atoms with Crippen molar-refractivity contribution < 1.29 is 4.79 Å². The van der Waals surface area contributed by atoms with Crippen molar-refractivity contribution in [3.05, 3.63) is 83.6 Å². The number of para-hydroxylation sites is 1. The molecule has 5 rings (SSSR count). The minimum Gasteiger partial charge on any atom is -0.356 e. The summed E-state index contributed by atoms with van der Waals surface area (Å²) in [6.07, 6.45) is 5.34. The lowest BCUT2D eigenvalue weighted by molar-refractivity contribution is -0.133. The van der Waals surface area contributed by atoms with E-state index in [1.165, 1.54) is 28.4 Å². The van der Waals surface area contributed by atoms with Gasteiger partial charge in [0, 0.05) is 36.1 Å². The van der Waals surface area contributed by atoms with Gasteiger partial charge < -0.3 is 9.88 Å². The van der Waals surface area contributed by atoms with Gasteiger partial charge in [0.2, 0.25) is 5.91 Å². The Bertz CT molecular complexity index is 1180. The highest BCUT2D eigenvalue weighted by Gasteiger charge is 2.34. The fourth-order valence-corrected chi connectivity index (χ4v) is 4.61. The van der Waals surface area contributed by atoms with Crippen molar-refractivity contribution in [3.63, 3.8) is 0 Å². The molecular weight excluding hydrogens is 374 g/mol. The number of nitrogens with zero attached hydrogens (tertiary/aromatic N) is 4. The Labute approximate surface area is 175 Å². The maximum atomic E-state index is 13.3. The Morgan fingerprint density at radius 2 is 2.00 bits per heavy atom. The number of rotatable bonds is 5. The van der Waals surface area contributed by atoms with E-state index in [9.17, 15) is 4.79 Å². The highest BCUT2D eigenvalue weighted by atomic mass is 16.2. The Kier molecular flexibility index (Phi) is 4.83. The van der Waals surface area contributed by atoms with Crippen LogP contribution in [-0.4, -0.2) is 37.1 Å². The summed E-state index contributed by atoms with van der Waals surface area (Å²) in [5.41, 5.74) is 6.03. The molecule has 3 heterocycles. The van der Waals surface area contributed by atoms with Gasteiger partial charge in [0.15, 0.2) is 0 Å². The van der Waals surface area contributed by atoms with Gasteiger partial charge in [-0.1, -0.05) is 42.5 Å². The molecule has 30 heavy (non-hydrogen) atoms. The molecule has 2 aromatic heterocycles. The van der Waals surface area contributed by atoms with E-state index < -0.39 is 0 Å². The Hall–Kier alpha value is -3.41. The van der Waals surface area contributed by atoms with Crippen molar-refractivity contribution in [2.75, 3.05) is 6.54 Å². The number of benzene rings is 2. The molecule has 4 aromatic rings. The molecule has 1 N–H and O–H groups in total. The molecule has 0 aliphatic carbocycles. The van der Waals surface area contributed by atoms with Crippen LogP contribution in [0.1, 0.15) is 41.3 Å². The lowest BCUT2D eigenvalue weighted by Crippen LogP contribution is -2.40. The third-order valence-electron chi connectivity index (χ3n) is 6.08. The molecule has 6 nitrogen and oxygen atoms in total. The maximum absolute atomic E-state index is 13.3. The van der Waals surface area contributed by atoms with E-state index in [0.29, 0.717) is 13.0 Å². The molecular formula is C24H25N5O. The van der Waals surface area contributed by atoms with Crippen LogP contribution in [0.2, 0.25) is 0 Å². The Morgan fingerprint density at radius 3 is 2.83 bits per heavy atom. The van der Waals surface area contributed by atoms with E-state index >= 15 is 0 Å². The molecule has 1 unspecified atom stereocenters. The summed E-state index contributed by atoms with van der Waals surface area (Å²) < 4.78 is 1.78. The van der Waals surface area contributed by atoms with Crippen LogP contribution < -0.4 is 0 Å². The van der Waals surface area contributed by atoms with Crippen LogP contribution in [0, 0.1) is 6.92 Å². The summed E-state index contributed by atoms with van der Waals surface area (Å²) in [4.78, 5) is 23.0. The quantitative estimate of drug-likeness (QED) is 0.551. The zero-order valence-electron chi connectivity index (χ0n) is 17.1. The molecule has 6 heteroatoms. The van der Waals surface area contributed by atoms with Gasteiger partial charge in [-0.25, -0.2) is 4.98 Å². The summed E-state index contributed by atoms with van der Waals surface area (Å²) in [6, 6.07) is 16.7. The molecule has 0 spiro atoms. The first-order valence-electron chi connectivity index (χ1n) is 10.5. The van der Waals surface area contributed by atoms with E-state index in [2.05, 4.69) is 75.4 Å². The van der Waals surface area contributed by atoms with Crippen molar-refractivity contribution >= 4 is 16.8 Å². The van der Waals surface area contributed by atoms with E-state index in [-0.39, 0.29) is 11.9 Å². The SMILES string of the molecule is Cc1ccccc1C1c2[nH]c3ccccc3c2CCN1C(=O)CCCn1cncn1. The van der Waals surface area contributed by atoms with Gasteiger partial charge in [-0.15, -0.1) is 0 Å². The third kappa shape index (κ3) is 3.28. The van der Waals surface area contributed by atoms with Crippen molar-refractivity contribution in [2.24, 2.45) is 0 Å². The summed E-state index contributed by atoms with van der Waals surface area (Å²) in [5.74, 6) is 0.188.